The fourth-order valence-electron chi connectivity index (χ4n) is 3.38. The third-order valence-electron chi connectivity index (χ3n) is 4.53. The number of hydrogen-bond donors (Lipinski definition) is 1. The van der Waals surface area contributed by atoms with Crippen molar-refractivity contribution in [2.45, 2.75) is 33.7 Å². The van der Waals surface area contributed by atoms with Crippen molar-refractivity contribution in [3.63, 3.8) is 0 Å². The first-order chi connectivity index (χ1) is 12.7. The second-order valence-corrected chi connectivity index (χ2v) is 7.16. The Morgan fingerprint density at radius 2 is 1.70 bits per heavy atom. The van der Waals surface area contributed by atoms with Crippen molar-refractivity contribution in [3.8, 4) is 0 Å². The van der Waals surface area contributed by atoms with Crippen molar-refractivity contribution in [2.75, 3.05) is 4.90 Å². The smallest absolute Gasteiger partial charge is 0.335 e. The number of carbonyl (C=O) groups is 3. The third kappa shape index (κ3) is 3.40. The number of aryl methyl sites for hydroxylation is 1. The summed E-state index contributed by atoms with van der Waals surface area (Å²) in [5.41, 5.74) is 3.00. The van der Waals surface area contributed by atoms with E-state index in [2.05, 4.69) is 23.7 Å². The Bertz CT molecular complexity index is 971. The number of nitrogens with zero attached hydrogens (tertiary/aromatic N) is 2. The molecule has 0 bridgehead atoms. The van der Waals surface area contributed by atoms with E-state index < -0.39 is 17.8 Å². The van der Waals surface area contributed by atoms with Crippen molar-refractivity contribution < 1.29 is 14.4 Å². The van der Waals surface area contributed by atoms with E-state index >= 15 is 0 Å². The second kappa shape index (κ2) is 7.04. The first kappa shape index (κ1) is 18.9. The summed E-state index contributed by atoms with van der Waals surface area (Å²) in [6.07, 6.45) is 1.54. The molecule has 0 atom stereocenters. The van der Waals surface area contributed by atoms with Crippen LogP contribution in [0.1, 0.15) is 36.8 Å². The maximum Gasteiger partial charge on any atom is 0.335 e. The molecule has 1 aromatic heterocycles. The van der Waals surface area contributed by atoms with Gasteiger partial charge in [0, 0.05) is 22.5 Å². The van der Waals surface area contributed by atoms with E-state index in [4.69, 9.17) is 11.6 Å². The third-order valence-corrected chi connectivity index (χ3v) is 4.78. The molecule has 6 nitrogen and oxygen atoms in total. The first-order valence-electron chi connectivity index (χ1n) is 8.56. The minimum Gasteiger partial charge on any atom is -0.346 e. The Labute approximate surface area is 162 Å². The number of halogens is 1. The van der Waals surface area contributed by atoms with E-state index in [9.17, 15) is 14.4 Å². The average molecular weight is 386 g/mol. The maximum absolute atomic E-state index is 12.9. The van der Waals surface area contributed by atoms with Gasteiger partial charge in [-0.25, -0.2) is 9.69 Å². The second-order valence-electron chi connectivity index (χ2n) is 6.72. The fourth-order valence-corrected chi connectivity index (χ4v) is 3.51. The van der Waals surface area contributed by atoms with Gasteiger partial charge >= 0.3 is 6.03 Å². The summed E-state index contributed by atoms with van der Waals surface area (Å²) >= 11 is 5.87. The predicted molar refractivity (Wildman–Crippen MR) is 105 cm³/mol. The van der Waals surface area contributed by atoms with Gasteiger partial charge in [0.25, 0.3) is 11.8 Å². The highest BCUT2D eigenvalue weighted by Crippen LogP contribution is 2.26. The monoisotopic (exact) mass is 385 g/mol. The maximum atomic E-state index is 12.9. The number of benzene rings is 1. The molecule has 1 aliphatic rings. The zero-order valence-electron chi connectivity index (χ0n) is 15.5. The van der Waals surface area contributed by atoms with Gasteiger partial charge in [-0.15, -0.1) is 0 Å². The van der Waals surface area contributed by atoms with Gasteiger partial charge in [0.2, 0.25) is 0 Å². The number of carbonyl (C=O) groups excluding carboxylic acids is 3. The lowest BCUT2D eigenvalue weighted by atomic mass is 10.1. The van der Waals surface area contributed by atoms with Crippen molar-refractivity contribution in [2.24, 2.45) is 0 Å². The highest BCUT2D eigenvalue weighted by Gasteiger charge is 2.37. The molecule has 1 N–H and O–H groups in total. The van der Waals surface area contributed by atoms with E-state index in [0.717, 1.165) is 21.9 Å². The molecule has 0 spiro atoms. The van der Waals surface area contributed by atoms with Crippen LogP contribution in [-0.4, -0.2) is 22.4 Å². The lowest BCUT2D eigenvalue weighted by Crippen LogP contribution is -2.54. The molecule has 2 heterocycles. The molecule has 7 heteroatoms. The molecule has 2 aromatic rings. The fraction of sp³-hybridized carbons (Fsp3) is 0.250. The summed E-state index contributed by atoms with van der Waals surface area (Å²) in [7, 11) is 0. The average Bonchev–Trinajstić information content (AvgIpc) is 2.86. The number of urea groups is 1. The molecule has 1 fully saturated rings. The lowest BCUT2D eigenvalue weighted by Gasteiger charge is -2.26. The summed E-state index contributed by atoms with van der Waals surface area (Å²) in [4.78, 5) is 38.4. The van der Waals surface area contributed by atoms with E-state index in [-0.39, 0.29) is 11.6 Å². The zero-order chi connectivity index (χ0) is 19.9. The van der Waals surface area contributed by atoms with E-state index in [1.807, 2.05) is 19.9 Å². The van der Waals surface area contributed by atoms with Crippen LogP contribution in [-0.2, 0) is 9.59 Å². The topological polar surface area (TPSA) is 71.4 Å². The molecular formula is C20H20ClN3O3. The Kier molecular flexibility index (Phi) is 4.93. The highest BCUT2D eigenvalue weighted by molar-refractivity contribution is 6.39. The standard InChI is InChI=1S/C20H20ClN3O3/c1-11(2)23-12(3)9-14(13(23)4)10-17-18(25)22-20(27)24(19(17)26)16-7-5-15(21)6-8-16/h5-11H,1-4H3,(H,22,25,27)/b17-10+. The van der Waals surface area contributed by atoms with Crippen LogP contribution in [0.15, 0.2) is 35.9 Å². The number of aromatic nitrogens is 1. The number of hydrogen-bond acceptors (Lipinski definition) is 3. The molecule has 0 aliphatic carbocycles. The summed E-state index contributed by atoms with van der Waals surface area (Å²) in [6.45, 7) is 8.04. The van der Waals surface area contributed by atoms with Crippen molar-refractivity contribution in [3.05, 3.63) is 57.9 Å². The molecule has 140 valence electrons. The molecule has 0 saturated carbocycles. The van der Waals surface area contributed by atoms with Crippen LogP contribution in [0, 0.1) is 13.8 Å². The van der Waals surface area contributed by atoms with Gasteiger partial charge in [0.1, 0.15) is 5.57 Å². The molecular weight excluding hydrogens is 366 g/mol. The Balaban J connectivity index is 2.05. The molecule has 1 saturated heterocycles. The van der Waals surface area contributed by atoms with Crippen LogP contribution in [0.2, 0.25) is 5.02 Å². The SMILES string of the molecule is Cc1cc(/C=C2\C(=O)NC(=O)N(c3ccc(Cl)cc3)C2=O)c(C)n1C(C)C. The zero-order valence-corrected chi connectivity index (χ0v) is 16.3. The summed E-state index contributed by atoms with van der Waals surface area (Å²) in [6, 6.07) is 7.65. The van der Waals surface area contributed by atoms with Gasteiger partial charge in [-0.3, -0.25) is 14.9 Å². The summed E-state index contributed by atoms with van der Waals surface area (Å²) < 4.78 is 2.12. The number of nitrogens with one attached hydrogen (secondary N) is 1. The van der Waals surface area contributed by atoms with E-state index in [0.29, 0.717) is 10.7 Å². The molecule has 27 heavy (non-hydrogen) atoms. The normalized spacial score (nSPS) is 16.4. The van der Waals surface area contributed by atoms with Gasteiger partial charge in [0.15, 0.2) is 0 Å². The van der Waals surface area contributed by atoms with Gasteiger partial charge in [-0.1, -0.05) is 11.6 Å². The lowest BCUT2D eigenvalue weighted by molar-refractivity contribution is -0.122. The highest BCUT2D eigenvalue weighted by atomic mass is 35.5. The summed E-state index contributed by atoms with van der Waals surface area (Å²) in [5, 5.41) is 2.71. The first-order valence-corrected chi connectivity index (χ1v) is 8.94. The predicted octanol–water partition coefficient (Wildman–Crippen LogP) is 4.01. The molecule has 0 unspecified atom stereocenters. The Hall–Kier alpha value is -2.86. The van der Waals surface area contributed by atoms with Crippen LogP contribution in [0.25, 0.3) is 6.08 Å². The van der Waals surface area contributed by atoms with Gasteiger partial charge in [0.05, 0.1) is 5.69 Å². The number of rotatable bonds is 3. The molecule has 3 rings (SSSR count). The van der Waals surface area contributed by atoms with Crippen LogP contribution in [0.5, 0.6) is 0 Å². The van der Waals surface area contributed by atoms with E-state index in [1.54, 1.807) is 24.3 Å². The van der Waals surface area contributed by atoms with Crippen molar-refractivity contribution in [1.29, 1.82) is 0 Å². The van der Waals surface area contributed by atoms with E-state index in [1.165, 1.54) is 6.08 Å². The van der Waals surface area contributed by atoms with Crippen LogP contribution in [0.4, 0.5) is 10.5 Å². The van der Waals surface area contributed by atoms with Crippen LogP contribution >= 0.6 is 11.6 Å². The molecule has 0 radical (unpaired) electrons. The Morgan fingerprint density at radius 1 is 1.07 bits per heavy atom. The van der Waals surface area contributed by atoms with Gasteiger partial charge in [-0.05, 0) is 69.7 Å². The minimum atomic E-state index is -0.780. The molecule has 1 aromatic carbocycles. The van der Waals surface area contributed by atoms with Gasteiger partial charge in [-0.2, -0.15) is 0 Å². The van der Waals surface area contributed by atoms with Crippen molar-refractivity contribution >= 4 is 41.2 Å². The number of imide groups is 2. The summed E-state index contributed by atoms with van der Waals surface area (Å²) in [5.74, 6) is -1.37. The Morgan fingerprint density at radius 3 is 2.26 bits per heavy atom. The minimum absolute atomic E-state index is 0.0893. The van der Waals surface area contributed by atoms with Crippen molar-refractivity contribution in [1.82, 2.24) is 9.88 Å². The quantitative estimate of drug-likeness (QED) is 0.641. The molecule has 4 amide bonds. The number of barbiturate groups is 1. The molecule has 1 aliphatic heterocycles. The van der Waals surface area contributed by atoms with Gasteiger partial charge < -0.3 is 4.57 Å². The number of amides is 4. The van der Waals surface area contributed by atoms with Crippen LogP contribution < -0.4 is 10.2 Å². The van der Waals surface area contributed by atoms with Crippen LogP contribution in [0.3, 0.4) is 0 Å². The largest absolute Gasteiger partial charge is 0.346 e. The number of anilines is 1.